The van der Waals surface area contributed by atoms with E-state index < -0.39 is 5.82 Å². The van der Waals surface area contributed by atoms with Crippen molar-refractivity contribution in [2.75, 3.05) is 23.8 Å². The number of carbonyl (C=O) groups is 1. The molecule has 1 amide bonds. The minimum Gasteiger partial charge on any atom is -0.347 e. The van der Waals surface area contributed by atoms with E-state index in [4.69, 9.17) is 0 Å². The number of nitrogens with one attached hydrogen (secondary N) is 2. The summed E-state index contributed by atoms with van der Waals surface area (Å²) in [7, 11) is 1.76. The summed E-state index contributed by atoms with van der Waals surface area (Å²) in [5, 5.41) is 9.16. The first kappa shape index (κ1) is 15.2. The number of hydrogen-bond donors (Lipinski definition) is 2. The van der Waals surface area contributed by atoms with Crippen LogP contribution in [-0.2, 0) is 4.79 Å². The van der Waals surface area contributed by atoms with E-state index >= 15 is 0 Å². The number of hydrogen-bond acceptors (Lipinski definition) is 6. The van der Waals surface area contributed by atoms with Crippen LogP contribution in [0.2, 0.25) is 0 Å². The summed E-state index contributed by atoms with van der Waals surface area (Å²) < 4.78 is 14.5. The van der Waals surface area contributed by atoms with Crippen LogP contribution in [0.3, 0.4) is 0 Å². The fourth-order valence-electron chi connectivity index (χ4n) is 2.79. The molecule has 8 nitrogen and oxygen atoms in total. The van der Waals surface area contributed by atoms with Crippen molar-refractivity contribution in [3.8, 4) is 22.6 Å². The topological polar surface area (TPSA) is 99.7 Å². The molecule has 1 aliphatic rings. The van der Waals surface area contributed by atoms with Crippen LogP contribution in [-0.4, -0.2) is 44.6 Å². The number of halogens is 1. The number of likely N-dealkylation sites (N-methyl/N-ethyl adjacent to an activating group) is 1. The zero-order chi connectivity index (χ0) is 17.6. The maximum absolute atomic E-state index is 14.5. The molecule has 1 aliphatic heterocycles. The number of anilines is 2. The Morgan fingerprint density at radius 3 is 2.84 bits per heavy atom. The predicted octanol–water partition coefficient (Wildman–Crippen LogP) is 1.76. The highest BCUT2D eigenvalue weighted by Crippen LogP contribution is 2.31. The number of fused-ring (bicyclic) bond motifs is 1. The van der Waals surface area contributed by atoms with E-state index in [1.807, 2.05) is 6.92 Å². The number of amides is 1. The monoisotopic (exact) mass is 339 g/mol. The lowest BCUT2D eigenvalue weighted by molar-refractivity contribution is -0.115. The summed E-state index contributed by atoms with van der Waals surface area (Å²) in [5.41, 5.74) is 2.29. The van der Waals surface area contributed by atoms with E-state index in [0.717, 1.165) is 5.56 Å². The number of H-pyrrole nitrogens is 1. The standard InChI is InChI=1S/C16H14FN7O/c1-8-3-10(14-19-7-20-23-14)11(17)4-9(8)12-5-18-15-16(21-12)24(2)6-13(25)22-15/h3-5,7H,6H2,1-2H3,(H,18,22,25)(H,19,20,23). The van der Waals surface area contributed by atoms with Crippen molar-refractivity contribution in [1.29, 1.82) is 0 Å². The van der Waals surface area contributed by atoms with Gasteiger partial charge in [0.25, 0.3) is 0 Å². The lowest BCUT2D eigenvalue weighted by Crippen LogP contribution is -2.36. The van der Waals surface area contributed by atoms with Crippen LogP contribution in [0.1, 0.15) is 5.56 Å². The van der Waals surface area contributed by atoms with E-state index in [2.05, 4.69) is 30.5 Å². The van der Waals surface area contributed by atoms with Crippen LogP contribution in [0, 0.1) is 12.7 Å². The smallest absolute Gasteiger partial charge is 0.245 e. The summed E-state index contributed by atoms with van der Waals surface area (Å²) >= 11 is 0. The van der Waals surface area contributed by atoms with Crippen molar-refractivity contribution >= 4 is 17.5 Å². The summed E-state index contributed by atoms with van der Waals surface area (Å²) in [6.07, 6.45) is 2.92. The molecule has 0 unspecified atom stereocenters. The number of aryl methyl sites for hydroxylation is 1. The summed E-state index contributed by atoms with van der Waals surface area (Å²) in [5.74, 6) is 0.663. The zero-order valence-electron chi connectivity index (χ0n) is 13.5. The summed E-state index contributed by atoms with van der Waals surface area (Å²) in [6, 6.07) is 3.08. The third-order valence-corrected chi connectivity index (χ3v) is 4.00. The lowest BCUT2D eigenvalue weighted by Gasteiger charge is -2.25. The maximum atomic E-state index is 14.5. The fraction of sp³-hybridized carbons (Fsp3) is 0.188. The second kappa shape index (κ2) is 5.62. The molecule has 0 radical (unpaired) electrons. The highest BCUT2D eigenvalue weighted by atomic mass is 19.1. The minimum atomic E-state index is -0.443. The number of aromatic amines is 1. The first-order valence-corrected chi connectivity index (χ1v) is 7.57. The first-order valence-electron chi connectivity index (χ1n) is 7.57. The lowest BCUT2D eigenvalue weighted by atomic mass is 10.0. The number of nitrogens with zero attached hydrogens (tertiary/aromatic N) is 5. The van der Waals surface area contributed by atoms with Crippen molar-refractivity contribution in [2.45, 2.75) is 6.92 Å². The van der Waals surface area contributed by atoms with Crippen LogP contribution >= 0.6 is 0 Å². The molecule has 0 bridgehead atoms. The Kier molecular flexibility index (Phi) is 3.41. The van der Waals surface area contributed by atoms with Crippen molar-refractivity contribution in [3.05, 3.63) is 36.0 Å². The highest BCUT2D eigenvalue weighted by Gasteiger charge is 2.23. The van der Waals surface area contributed by atoms with E-state index in [1.54, 1.807) is 18.0 Å². The molecule has 126 valence electrons. The molecule has 3 heterocycles. The number of carbonyl (C=O) groups excluding carboxylic acids is 1. The molecule has 9 heteroatoms. The summed E-state index contributed by atoms with van der Waals surface area (Å²) in [6.45, 7) is 2.06. The maximum Gasteiger partial charge on any atom is 0.245 e. The van der Waals surface area contributed by atoms with Crippen LogP contribution in [0.25, 0.3) is 22.6 Å². The minimum absolute atomic E-state index is 0.143. The van der Waals surface area contributed by atoms with Gasteiger partial charge in [-0.05, 0) is 24.6 Å². The molecule has 0 saturated heterocycles. The molecule has 0 atom stereocenters. The normalized spacial score (nSPS) is 13.6. The Balaban J connectivity index is 1.79. The van der Waals surface area contributed by atoms with Gasteiger partial charge in [0, 0.05) is 12.6 Å². The van der Waals surface area contributed by atoms with Gasteiger partial charge in [0.1, 0.15) is 12.1 Å². The van der Waals surface area contributed by atoms with Crippen molar-refractivity contribution < 1.29 is 9.18 Å². The first-order chi connectivity index (χ1) is 12.0. The molecular weight excluding hydrogens is 325 g/mol. The molecular formula is C16H14FN7O. The molecule has 3 aromatic rings. The number of benzene rings is 1. The second-order valence-corrected chi connectivity index (χ2v) is 5.80. The van der Waals surface area contributed by atoms with Crippen LogP contribution in [0.5, 0.6) is 0 Å². The Morgan fingerprint density at radius 1 is 1.24 bits per heavy atom. The average Bonchev–Trinajstić information content (AvgIpc) is 3.10. The van der Waals surface area contributed by atoms with E-state index in [9.17, 15) is 9.18 Å². The molecule has 2 aromatic heterocycles. The second-order valence-electron chi connectivity index (χ2n) is 5.80. The van der Waals surface area contributed by atoms with Gasteiger partial charge < -0.3 is 10.2 Å². The van der Waals surface area contributed by atoms with Crippen molar-refractivity contribution in [3.63, 3.8) is 0 Å². The fourth-order valence-corrected chi connectivity index (χ4v) is 2.79. The van der Waals surface area contributed by atoms with Crippen LogP contribution < -0.4 is 10.2 Å². The summed E-state index contributed by atoms with van der Waals surface area (Å²) in [4.78, 5) is 26.0. The molecule has 0 spiro atoms. The number of rotatable bonds is 2. The van der Waals surface area contributed by atoms with Crippen molar-refractivity contribution in [1.82, 2.24) is 25.1 Å². The van der Waals surface area contributed by atoms with Gasteiger partial charge in [-0.25, -0.2) is 19.3 Å². The third-order valence-electron chi connectivity index (χ3n) is 4.00. The van der Waals surface area contributed by atoms with Gasteiger partial charge >= 0.3 is 0 Å². The van der Waals surface area contributed by atoms with E-state index in [1.165, 1.54) is 18.6 Å². The van der Waals surface area contributed by atoms with Gasteiger partial charge in [0.05, 0.1) is 24.0 Å². The quantitative estimate of drug-likeness (QED) is 0.738. The molecule has 0 aliphatic carbocycles. The molecule has 0 saturated carbocycles. The van der Waals surface area contributed by atoms with Crippen molar-refractivity contribution in [2.24, 2.45) is 0 Å². The zero-order valence-corrected chi connectivity index (χ0v) is 13.5. The third kappa shape index (κ3) is 2.59. The van der Waals surface area contributed by atoms with Gasteiger partial charge in [-0.3, -0.25) is 9.89 Å². The SMILES string of the molecule is Cc1cc(-c2nc[nH]n2)c(F)cc1-c1cnc2c(n1)N(C)CC(=O)N2. The largest absolute Gasteiger partial charge is 0.347 e. The van der Waals surface area contributed by atoms with Gasteiger partial charge in [-0.15, -0.1) is 0 Å². The molecule has 4 rings (SSSR count). The van der Waals surface area contributed by atoms with Gasteiger partial charge in [0.15, 0.2) is 17.5 Å². The average molecular weight is 339 g/mol. The Hall–Kier alpha value is -3.36. The molecule has 0 fully saturated rings. The Bertz CT molecular complexity index is 971. The van der Waals surface area contributed by atoms with Gasteiger partial charge in [-0.2, -0.15) is 5.10 Å². The number of aromatic nitrogens is 5. The Morgan fingerprint density at radius 2 is 2.08 bits per heavy atom. The van der Waals surface area contributed by atoms with E-state index in [0.29, 0.717) is 34.3 Å². The van der Waals surface area contributed by atoms with Gasteiger partial charge in [-0.1, -0.05) is 0 Å². The van der Waals surface area contributed by atoms with Gasteiger partial charge in [0.2, 0.25) is 5.91 Å². The van der Waals surface area contributed by atoms with Crippen LogP contribution in [0.4, 0.5) is 16.0 Å². The highest BCUT2D eigenvalue weighted by molar-refractivity contribution is 5.99. The van der Waals surface area contributed by atoms with E-state index in [-0.39, 0.29) is 12.5 Å². The Labute approximate surface area is 142 Å². The molecule has 1 aromatic carbocycles. The van der Waals surface area contributed by atoms with Crippen LogP contribution in [0.15, 0.2) is 24.7 Å². The predicted molar refractivity (Wildman–Crippen MR) is 89.4 cm³/mol. The molecule has 2 N–H and O–H groups in total. The molecule has 25 heavy (non-hydrogen) atoms.